The second-order valence-corrected chi connectivity index (χ2v) is 5.61. The Morgan fingerprint density at radius 2 is 1.95 bits per heavy atom. The van der Waals surface area contributed by atoms with Crippen LogP contribution in [-0.2, 0) is 14.3 Å². The Bertz CT molecular complexity index is 484. The summed E-state index contributed by atoms with van der Waals surface area (Å²) in [5, 5.41) is 6.37. The molecule has 1 aromatic rings. The predicted molar refractivity (Wildman–Crippen MR) is 84.2 cm³/mol. The molecule has 1 aliphatic rings. The number of hydrogen-bond donors (Lipinski definition) is 2. The fourth-order valence-electron chi connectivity index (χ4n) is 2.75. The zero-order valence-corrected chi connectivity index (χ0v) is 13.0. The first-order valence-electron chi connectivity index (χ1n) is 7.83. The van der Waals surface area contributed by atoms with Gasteiger partial charge in [-0.05, 0) is 37.9 Å². The Morgan fingerprint density at radius 1 is 1.27 bits per heavy atom. The van der Waals surface area contributed by atoms with Gasteiger partial charge in [0.2, 0.25) is 5.91 Å². The first-order valence-corrected chi connectivity index (χ1v) is 7.83. The summed E-state index contributed by atoms with van der Waals surface area (Å²) in [6, 6.07) is 9.63. The monoisotopic (exact) mass is 304 g/mol. The van der Waals surface area contributed by atoms with Crippen LogP contribution in [0.15, 0.2) is 30.3 Å². The van der Waals surface area contributed by atoms with E-state index < -0.39 is 0 Å². The molecule has 0 bridgehead atoms. The topological polar surface area (TPSA) is 67.4 Å². The fourth-order valence-corrected chi connectivity index (χ4v) is 2.75. The molecule has 0 aromatic heterocycles. The van der Waals surface area contributed by atoms with Gasteiger partial charge in [0, 0.05) is 12.3 Å². The molecule has 1 aliphatic heterocycles. The Labute approximate surface area is 131 Å². The zero-order chi connectivity index (χ0) is 15.8. The van der Waals surface area contributed by atoms with Crippen molar-refractivity contribution in [1.82, 2.24) is 10.6 Å². The van der Waals surface area contributed by atoms with Crippen LogP contribution in [0.2, 0.25) is 0 Å². The highest BCUT2D eigenvalue weighted by Crippen LogP contribution is 2.21. The number of carbonyl (C=O) groups excluding carboxylic acids is 2. The Hall–Kier alpha value is -1.88. The highest BCUT2D eigenvalue weighted by molar-refractivity contribution is 5.79. The summed E-state index contributed by atoms with van der Waals surface area (Å²) in [7, 11) is 1.38. The van der Waals surface area contributed by atoms with Crippen molar-refractivity contribution in [1.29, 1.82) is 0 Å². The molecule has 2 rings (SSSR count). The van der Waals surface area contributed by atoms with Gasteiger partial charge in [0.25, 0.3) is 0 Å². The third-order valence-corrected chi connectivity index (χ3v) is 4.09. The number of carbonyl (C=O) groups is 2. The van der Waals surface area contributed by atoms with Crippen LogP contribution in [0.3, 0.4) is 0 Å². The molecule has 1 unspecified atom stereocenters. The van der Waals surface area contributed by atoms with Crippen LogP contribution in [0.4, 0.5) is 0 Å². The van der Waals surface area contributed by atoms with Gasteiger partial charge < -0.3 is 15.4 Å². The smallest absolute Gasteiger partial charge is 0.305 e. The number of benzene rings is 1. The van der Waals surface area contributed by atoms with E-state index in [0.29, 0.717) is 12.8 Å². The van der Waals surface area contributed by atoms with Crippen LogP contribution in [0.25, 0.3) is 0 Å². The maximum Gasteiger partial charge on any atom is 0.305 e. The quantitative estimate of drug-likeness (QED) is 0.786. The molecule has 0 saturated carbocycles. The van der Waals surface area contributed by atoms with Crippen LogP contribution in [0.5, 0.6) is 0 Å². The average molecular weight is 304 g/mol. The van der Waals surface area contributed by atoms with Crippen molar-refractivity contribution < 1.29 is 14.3 Å². The van der Waals surface area contributed by atoms with E-state index in [0.717, 1.165) is 31.5 Å². The third-order valence-electron chi connectivity index (χ3n) is 4.09. The van der Waals surface area contributed by atoms with E-state index in [2.05, 4.69) is 10.6 Å². The van der Waals surface area contributed by atoms with E-state index >= 15 is 0 Å². The van der Waals surface area contributed by atoms with Crippen LogP contribution in [0.1, 0.15) is 37.3 Å². The van der Waals surface area contributed by atoms with E-state index in [1.165, 1.54) is 7.11 Å². The number of esters is 1. The molecule has 0 spiro atoms. The van der Waals surface area contributed by atoms with Gasteiger partial charge in [0.1, 0.15) is 0 Å². The molecule has 5 nitrogen and oxygen atoms in total. The van der Waals surface area contributed by atoms with Gasteiger partial charge in [0.05, 0.1) is 13.2 Å². The maximum atomic E-state index is 12.4. The number of nitrogens with one attached hydrogen (secondary N) is 2. The Morgan fingerprint density at radius 3 is 2.59 bits per heavy atom. The molecule has 1 aromatic carbocycles. The summed E-state index contributed by atoms with van der Waals surface area (Å²) >= 11 is 0. The Balaban J connectivity index is 2.00. The summed E-state index contributed by atoms with van der Waals surface area (Å²) in [6.07, 6.45) is 2.57. The van der Waals surface area contributed by atoms with Gasteiger partial charge >= 0.3 is 5.97 Å². The molecule has 1 atom stereocenters. The number of hydrogen-bond acceptors (Lipinski definition) is 4. The van der Waals surface area contributed by atoms with Crippen molar-refractivity contribution in [3.63, 3.8) is 0 Å². The molecule has 1 amide bonds. The largest absolute Gasteiger partial charge is 0.469 e. The molecule has 0 radical (unpaired) electrons. The van der Waals surface area contributed by atoms with E-state index in [9.17, 15) is 9.59 Å². The van der Waals surface area contributed by atoms with E-state index in [1.807, 2.05) is 30.3 Å². The summed E-state index contributed by atoms with van der Waals surface area (Å²) in [5.74, 6) is -0.108. The Kier molecular flexibility index (Phi) is 6.40. The molecule has 2 N–H and O–H groups in total. The highest BCUT2D eigenvalue weighted by Gasteiger charge is 2.24. The summed E-state index contributed by atoms with van der Waals surface area (Å²) in [4.78, 5) is 23.8. The maximum absolute atomic E-state index is 12.4. The lowest BCUT2D eigenvalue weighted by molar-refractivity contribution is -0.141. The number of methoxy groups -OCH3 is 1. The van der Waals surface area contributed by atoms with Crippen LogP contribution in [-0.4, -0.2) is 32.1 Å². The minimum atomic E-state index is -0.253. The molecule has 120 valence electrons. The predicted octanol–water partition coefficient (Wildman–Crippen LogP) is 1.80. The molecule has 5 heteroatoms. The lowest BCUT2D eigenvalue weighted by Gasteiger charge is -2.25. The number of ether oxygens (including phenoxy) is 1. The fraction of sp³-hybridized carbons (Fsp3) is 0.529. The molecule has 1 saturated heterocycles. The minimum Gasteiger partial charge on any atom is -0.469 e. The zero-order valence-electron chi connectivity index (χ0n) is 13.0. The van der Waals surface area contributed by atoms with Gasteiger partial charge in [-0.3, -0.25) is 9.59 Å². The minimum absolute atomic E-state index is 0.0607. The first-order chi connectivity index (χ1) is 10.7. The lowest BCUT2D eigenvalue weighted by Crippen LogP contribution is -2.39. The van der Waals surface area contributed by atoms with Gasteiger partial charge in [-0.15, -0.1) is 0 Å². The summed E-state index contributed by atoms with van der Waals surface area (Å²) in [6.45, 7) is 1.77. The highest BCUT2D eigenvalue weighted by atomic mass is 16.5. The van der Waals surface area contributed by atoms with Gasteiger partial charge in [-0.2, -0.15) is 0 Å². The van der Waals surface area contributed by atoms with Crippen molar-refractivity contribution in [3.05, 3.63) is 35.9 Å². The van der Waals surface area contributed by atoms with Crippen molar-refractivity contribution >= 4 is 11.9 Å². The van der Waals surface area contributed by atoms with Crippen molar-refractivity contribution in [3.8, 4) is 0 Å². The van der Waals surface area contributed by atoms with Crippen molar-refractivity contribution in [2.45, 2.75) is 31.7 Å². The van der Waals surface area contributed by atoms with Gasteiger partial charge in [-0.25, -0.2) is 0 Å². The van der Waals surface area contributed by atoms with Crippen molar-refractivity contribution in [2.24, 2.45) is 5.92 Å². The van der Waals surface area contributed by atoms with Crippen molar-refractivity contribution in [2.75, 3.05) is 20.2 Å². The van der Waals surface area contributed by atoms with E-state index in [1.54, 1.807) is 0 Å². The number of amides is 1. The number of piperidine rings is 1. The van der Waals surface area contributed by atoms with Crippen LogP contribution in [0, 0.1) is 5.92 Å². The number of rotatable bonds is 6. The normalized spacial score (nSPS) is 16.8. The van der Waals surface area contributed by atoms with Crippen LogP contribution >= 0.6 is 0 Å². The molecule has 0 aliphatic carbocycles. The molecule has 22 heavy (non-hydrogen) atoms. The van der Waals surface area contributed by atoms with E-state index in [4.69, 9.17) is 4.74 Å². The summed E-state index contributed by atoms with van der Waals surface area (Å²) in [5.41, 5.74) is 1.02. The van der Waals surface area contributed by atoms with Gasteiger partial charge in [-0.1, -0.05) is 30.3 Å². The SMILES string of the molecule is COC(=O)CCC(NC(=O)C1CCNCC1)c1ccccc1. The van der Waals surface area contributed by atoms with E-state index in [-0.39, 0.29) is 23.8 Å². The second kappa shape index (κ2) is 8.54. The summed E-state index contributed by atoms with van der Waals surface area (Å²) < 4.78 is 4.70. The first kappa shape index (κ1) is 16.5. The standard InChI is InChI=1S/C17H24N2O3/c1-22-16(20)8-7-15(13-5-3-2-4-6-13)19-17(21)14-9-11-18-12-10-14/h2-6,14-15,18H,7-12H2,1H3,(H,19,21). The lowest BCUT2D eigenvalue weighted by atomic mass is 9.95. The molecular weight excluding hydrogens is 280 g/mol. The second-order valence-electron chi connectivity index (χ2n) is 5.61. The van der Waals surface area contributed by atoms with Crippen LogP contribution < -0.4 is 10.6 Å². The molecule has 1 fully saturated rings. The van der Waals surface area contributed by atoms with Gasteiger partial charge in [0.15, 0.2) is 0 Å². The molecule has 1 heterocycles. The average Bonchev–Trinajstić information content (AvgIpc) is 2.59. The molecular formula is C17H24N2O3. The third kappa shape index (κ3) is 4.84.